The number of fused-ring (bicyclic) bond motifs is 1. The molecule has 1 amide bonds. The van der Waals surface area contributed by atoms with E-state index in [4.69, 9.17) is 15.2 Å². The van der Waals surface area contributed by atoms with Gasteiger partial charge in [0.1, 0.15) is 12.6 Å². The molecule has 4 rings (SSSR count). The van der Waals surface area contributed by atoms with Crippen LogP contribution in [0.1, 0.15) is 89.4 Å². The van der Waals surface area contributed by atoms with Crippen LogP contribution >= 0.6 is 0 Å². The summed E-state index contributed by atoms with van der Waals surface area (Å²) in [5.41, 5.74) is 11.0. The fourth-order valence-electron chi connectivity index (χ4n) is 6.40. The summed E-state index contributed by atoms with van der Waals surface area (Å²) >= 11 is 0. The average Bonchev–Trinajstić information content (AvgIpc) is 3.21. The smallest absolute Gasteiger partial charge is 0.310 e. The number of Topliss-reactive ketones (excluding diaryl/α,β-unsaturated/α-hetero) is 1. The van der Waals surface area contributed by atoms with E-state index in [1.807, 2.05) is 46.4 Å². The van der Waals surface area contributed by atoms with Gasteiger partial charge in [-0.2, -0.15) is 0 Å². The van der Waals surface area contributed by atoms with E-state index >= 15 is 0 Å². The number of hydrogen-bond donors (Lipinski definition) is 1. The summed E-state index contributed by atoms with van der Waals surface area (Å²) in [7, 11) is 5.95. The van der Waals surface area contributed by atoms with E-state index in [0.29, 0.717) is 35.4 Å². The Morgan fingerprint density at radius 1 is 1.10 bits per heavy atom. The molecule has 0 saturated heterocycles. The molecule has 1 aromatic heterocycles. The number of aromatic nitrogens is 1. The molecule has 2 N–H and O–H groups in total. The lowest BCUT2D eigenvalue weighted by atomic mass is 9.82. The molecule has 1 atom stereocenters. The monoisotopic (exact) mass is 601 g/mol. The van der Waals surface area contributed by atoms with E-state index in [1.54, 1.807) is 6.07 Å². The molecule has 2 aliphatic rings. The number of amides is 1. The molecule has 1 aromatic carbocycles. The minimum Gasteiger partial charge on any atom is -1.00 e. The number of esters is 2. The summed E-state index contributed by atoms with van der Waals surface area (Å²) in [6.07, 6.45) is 7.54. The lowest BCUT2D eigenvalue weighted by Gasteiger charge is -2.30. The third kappa shape index (κ3) is 8.44. The van der Waals surface area contributed by atoms with Crippen LogP contribution in [0.2, 0.25) is 0 Å². The highest BCUT2D eigenvalue weighted by Gasteiger charge is 2.29. The van der Waals surface area contributed by atoms with Crippen LogP contribution in [0, 0.1) is 12.8 Å². The predicted molar refractivity (Wildman–Crippen MR) is 155 cm³/mol. The zero-order valence-corrected chi connectivity index (χ0v) is 26.2. The molecule has 0 bridgehead atoms. The van der Waals surface area contributed by atoms with E-state index < -0.39 is 18.0 Å². The summed E-state index contributed by atoms with van der Waals surface area (Å²) in [5.74, 6) is -0.681. The number of aryl methyl sites for hydroxylation is 1. The SMILES string of the molecule is CC(=O)OC(CC(=O)OC1CCC(Cc2cc(-n3cc(C)c4c3CCCC4=O)ccc2C(N)=O)CC1)C[N+](C)(C)C.[Cl-]. The lowest BCUT2D eigenvalue weighted by Crippen LogP contribution is -3.00. The topological polar surface area (TPSA) is 118 Å². The van der Waals surface area contributed by atoms with Gasteiger partial charge in [-0.1, -0.05) is 0 Å². The Balaban J connectivity index is 0.00000484. The number of benzene rings is 1. The quantitative estimate of drug-likeness (QED) is 0.322. The number of nitrogens with zero attached hydrogens (tertiary/aromatic N) is 2. The predicted octanol–water partition coefficient (Wildman–Crippen LogP) is 1.08. The highest BCUT2D eigenvalue weighted by Crippen LogP contribution is 2.33. The van der Waals surface area contributed by atoms with E-state index in [9.17, 15) is 19.2 Å². The van der Waals surface area contributed by atoms with Crippen LogP contribution in [0.15, 0.2) is 24.4 Å². The fourth-order valence-corrected chi connectivity index (χ4v) is 6.40. The van der Waals surface area contributed by atoms with Crippen molar-refractivity contribution in [3.63, 3.8) is 0 Å². The highest BCUT2D eigenvalue weighted by molar-refractivity contribution is 6.00. The highest BCUT2D eigenvalue weighted by atomic mass is 35.5. The van der Waals surface area contributed by atoms with Gasteiger partial charge in [-0.15, -0.1) is 0 Å². The number of carbonyl (C=O) groups excluding carboxylic acids is 4. The van der Waals surface area contributed by atoms with Gasteiger partial charge in [-0.05, 0) is 87.1 Å². The Bertz CT molecular complexity index is 1320. The van der Waals surface area contributed by atoms with Crippen LogP contribution in [-0.4, -0.2) is 72.6 Å². The normalized spacial score (nSPS) is 19.3. The van der Waals surface area contributed by atoms with E-state index in [1.165, 1.54) is 6.92 Å². The van der Waals surface area contributed by atoms with Crippen LogP contribution < -0.4 is 18.1 Å². The molecule has 1 heterocycles. The fraction of sp³-hybridized carbons (Fsp3) is 0.562. The maximum absolute atomic E-state index is 12.7. The second kappa shape index (κ2) is 13.9. The van der Waals surface area contributed by atoms with E-state index in [2.05, 4.69) is 4.57 Å². The number of hydrogen-bond acceptors (Lipinski definition) is 6. The molecule has 42 heavy (non-hydrogen) atoms. The Morgan fingerprint density at radius 2 is 1.79 bits per heavy atom. The number of quaternary nitrogens is 1. The van der Waals surface area contributed by atoms with Gasteiger partial charge < -0.3 is 36.7 Å². The summed E-state index contributed by atoms with van der Waals surface area (Å²) < 4.78 is 13.8. The Labute approximate surface area is 254 Å². The minimum atomic E-state index is -0.524. The summed E-state index contributed by atoms with van der Waals surface area (Å²) in [5, 5.41) is 0. The van der Waals surface area contributed by atoms with E-state index in [-0.39, 0.29) is 36.7 Å². The number of ketones is 1. The number of carbonyl (C=O) groups is 4. The summed E-state index contributed by atoms with van der Waals surface area (Å²) in [6, 6.07) is 5.73. The van der Waals surface area contributed by atoms with Gasteiger partial charge in [0, 0.05) is 42.0 Å². The Kier molecular flexibility index (Phi) is 11.0. The number of nitrogens with two attached hydrogens (primary N) is 1. The van der Waals surface area contributed by atoms with Crippen LogP contribution in [0.4, 0.5) is 0 Å². The van der Waals surface area contributed by atoms with Crippen molar-refractivity contribution in [2.45, 2.75) is 83.8 Å². The maximum atomic E-state index is 12.7. The number of rotatable bonds is 10. The van der Waals surface area contributed by atoms with Crippen molar-refractivity contribution in [2.24, 2.45) is 11.7 Å². The number of halogens is 1. The molecule has 1 saturated carbocycles. The molecule has 0 radical (unpaired) electrons. The molecule has 2 aromatic rings. The number of ether oxygens (including phenoxy) is 2. The first kappa shape index (κ1) is 33.3. The van der Waals surface area contributed by atoms with Crippen molar-refractivity contribution >= 4 is 23.6 Å². The van der Waals surface area contributed by atoms with Gasteiger partial charge in [0.25, 0.3) is 0 Å². The average molecular weight is 602 g/mol. The van der Waals surface area contributed by atoms with Crippen molar-refractivity contribution in [3.05, 3.63) is 52.3 Å². The minimum absolute atomic E-state index is 0. The van der Waals surface area contributed by atoms with Gasteiger partial charge in [-0.25, -0.2) is 0 Å². The molecule has 230 valence electrons. The molecular formula is C32H44ClN3O6. The molecule has 2 aliphatic carbocycles. The molecule has 10 heteroatoms. The lowest BCUT2D eigenvalue weighted by molar-refractivity contribution is -0.873. The molecule has 1 fully saturated rings. The third-order valence-electron chi connectivity index (χ3n) is 8.10. The molecular weight excluding hydrogens is 558 g/mol. The zero-order valence-electron chi connectivity index (χ0n) is 25.4. The first-order valence-corrected chi connectivity index (χ1v) is 14.6. The van der Waals surface area contributed by atoms with Crippen molar-refractivity contribution in [1.82, 2.24) is 4.57 Å². The zero-order chi connectivity index (χ0) is 29.9. The second-order valence-corrected chi connectivity index (χ2v) is 12.7. The molecule has 0 aliphatic heterocycles. The number of likely N-dealkylation sites (N-methyl/N-ethyl adjacent to an activating group) is 1. The second-order valence-electron chi connectivity index (χ2n) is 12.7. The molecule has 9 nitrogen and oxygen atoms in total. The van der Waals surface area contributed by atoms with Crippen LogP contribution in [-0.2, 0) is 31.9 Å². The molecule has 1 unspecified atom stereocenters. The van der Waals surface area contributed by atoms with Crippen molar-refractivity contribution in [3.8, 4) is 5.69 Å². The third-order valence-corrected chi connectivity index (χ3v) is 8.10. The van der Waals surface area contributed by atoms with Crippen LogP contribution in [0.25, 0.3) is 5.69 Å². The van der Waals surface area contributed by atoms with Gasteiger partial charge in [0.05, 0.1) is 27.6 Å². The number of primary amides is 1. The molecule has 0 spiro atoms. The van der Waals surface area contributed by atoms with Gasteiger partial charge in [-0.3, -0.25) is 19.2 Å². The summed E-state index contributed by atoms with van der Waals surface area (Å²) in [6.45, 7) is 3.84. The van der Waals surface area contributed by atoms with Crippen molar-refractivity contribution in [1.29, 1.82) is 0 Å². The standard InChI is InChI=1S/C32H43N3O6.ClH/c1-20-18-34(28-7-6-8-29(37)31(20)28)24-11-14-27(32(33)39)23(16-24)15-22-9-12-25(13-10-22)41-30(38)17-26(40-21(2)36)19-35(3,4)5;/h11,14,16,18,22,25-26H,6-10,12-13,15,17,19H2,1-5H3,(H-,33,39);1H. The van der Waals surface area contributed by atoms with Crippen LogP contribution in [0.3, 0.4) is 0 Å². The van der Waals surface area contributed by atoms with E-state index in [0.717, 1.165) is 66.6 Å². The largest absolute Gasteiger partial charge is 1.00 e. The first-order valence-electron chi connectivity index (χ1n) is 14.6. The van der Waals surface area contributed by atoms with Gasteiger partial charge in [0.15, 0.2) is 11.9 Å². The van der Waals surface area contributed by atoms with Crippen molar-refractivity contribution in [2.75, 3.05) is 27.7 Å². The maximum Gasteiger partial charge on any atom is 0.310 e. The van der Waals surface area contributed by atoms with Gasteiger partial charge in [0.2, 0.25) is 5.91 Å². The van der Waals surface area contributed by atoms with Gasteiger partial charge >= 0.3 is 11.9 Å². The van der Waals surface area contributed by atoms with Crippen LogP contribution in [0.5, 0.6) is 0 Å². The Hall–Kier alpha value is -3.17. The Morgan fingerprint density at radius 3 is 2.40 bits per heavy atom. The summed E-state index contributed by atoms with van der Waals surface area (Å²) in [4.78, 5) is 49.0. The van der Waals surface area contributed by atoms with Crippen molar-refractivity contribution < 1.29 is 45.5 Å². The first-order chi connectivity index (χ1) is 19.3.